The van der Waals surface area contributed by atoms with Crippen molar-refractivity contribution in [3.8, 4) is 31.5 Å². The van der Waals surface area contributed by atoms with Gasteiger partial charge in [0.2, 0.25) is 0 Å². The van der Waals surface area contributed by atoms with Gasteiger partial charge in [-0.1, -0.05) is 11.2 Å². The normalized spacial score (nSPS) is 12.9. The van der Waals surface area contributed by atoms with Crippen LogP contribution in [0.15, 0.2) is 81.9 Å². The summed E-state index contributed by atoms with van der Waals surface area (Å²) in [6.45, 7) is 0.666. The molecule has 1 aliphatic rings. The molecule has 168 valence electrons. The Bertz CT molecular complexity index is 1490. The van der Waals surface area contributed by atoms with Crippen molar-refractivity contribution in [3.05, 3.63) is 84.3 Å². The Morgan fingerprint density at radius 3 is 2.68 bits per heavy atom. The third-order valence-electron chi connectivity index (χ3n) is 5.53. The molecule has 4 aromatic heterocycles. The Morgan fingerprint density at radius 1 is 0.971 bits per heavy atom. The molecule has 34 heavy (non-hydrogen) atoms. The second-order valence-corrected chi connectivity index (χ2v) is 11.1. The summed E-state index contributed by atoms with van der Waals surface area (Å²) >= 11 is 4.92. The van der Waals surface area contributed by atoms with E-state index < -0.39 is 0 Å². The van der Waals surface area contributed by atoms with Crippen LogP contribution < -0.4 is 4.72 Å². The number of thiophene rings is 2. The largest absolute Gasteiger partial charge is 0.355 e. The summed E-state index contributed by atoms with van der Waals surface area (Å²) in [5.41, 5.74) is 5.03. The minimum atomic E-state index is 0.0958. The maximum Gasteiger partial charge on any atom is 0.254 e. The van der Waals surface area contributed by atoms with Crippen LogP contribution in [0.5, 0.6) is 0 Å². The zero-order chi connectivity index (χ0) is 23.1. The lowest BCUT2D eigenvalue weighted by Crippen LogP contribution is -2.17. The van der Waals surface area contributed by atoms with Gasteiger partial charge < -0.3 is 14.1 Å². The third-order valence-corrected chi connectivity index (χ3v) is 8.79. The van der Waals surface area contributed by atoms with E-state index in [9.17, 15) is 4.79 Å². The molecule has 0 saturated heterocycles. The number of carbonyl (C=O) groups is 1. The highest BCUT2D eigenvalue weighted by Crippen LogP contribution is 2.38. The van der Waals surface area contributed by atoms with Gasteiger partial charge in [-0.15, -0.1) is 22.7 Å². The first kappa shape index (κ1) is 21.2. The number of anilines is 1. The van der Waals surface area contributed by atoms with Gasteiger partial charge in [-0.25, -0.2) is 0 Å². The summed E-state index contributed by atoms with van der Waals surface area (Å²) in [7, 11) is 1.84. The topological polar surface area (TPSA) is 71.3 Å². The predicted octanol–water partition coefficient (Wildman–Crippen LogP) is 6.90. The van der Waals surface area contributed by atoms with E-state index in [2.05, 4.69) is 45.2 Å². The number of aromatic nitrogens is 2. The summed E-state index contributed by atoms with van der Waals surface area (Å²) < 4.78 is 9.74. The first-order valence-corrected chi connectivity index (χ1v) is 13.0. The van der Waals surface area contributed by atoms with Gasteiger partial charge in [0.05, 0.1) is 27.2 Å². The molecule has 1 N–H and O–H groups in total. The fraction of sp³-hybridized carbons (Fsp3) is 0.0800. The van der Waals surface area contributed by atoms with E-state index in [0.29, 0.717) is 6.54 Å². The number of pyridine rings is 1. The number of nitrogens with zero attached hydrogens (tertiary/aromatic N) is 3. The number of carbonyl (C=O) groups excluding carboxylic acids is 1. The molecule has 0 aliphatic carbocycles. The lowest BCUT2D eigenvalue weighted by Gasteiger charge is -2.05. The van der Waals surface area contributed by atoms with E-state index in [1.807, 2.05) is 43.7 Å². The van der Waals surface area contributed by atoms with Gasteiger partial charge in [0.1, 0.15) is 0 Å². The van der Waals surface area contributed by atoms with E-state index in [-0.39, 0.29) is 5.91 Å². The van der Waals surface area contributed by atoms with E-state index >= 15 is 0 Å². The quantitative estimate of drug-likeness (QED) is 0.255. The highest BCUT2D eigenvalue weighted by atomic mass is 32.2. The van der Waals surface area contributed by atoms with Crippen LogP contribution in [0.1, 0.15) is 15.9 Å². The second kappa shape index (κ2) is 8.75. The van der Waals surface area contributed by atoms with Gasteiger partial charge in [0.15, 0.2) is 5.76 Å². The van der Waals surface area contributed by atoms with Gasteiger partial charge >= 0.3 is 0 Å². The van der Waals surface area contributed by atoms with Crippen LogP contribution in [0.4, 0.5) is 5.69 Å². The smallest absolute Gasteiger partial charge is 0.254 e. The summed E-state index contributed by atoms with van der Waals surface area (Å²) in [5, 5.41) is 3.77. The van der Waals surface area contributed by atoms with Crippen LogP contribution in [-0.4, -0.2) is 28.0 Å². The molecule has 6 nitrogen and oxygen atoms in total. The molecule has 0 radical (unpaired) electrons. The van der Waals surface area contributed by atoms with Crippen molar-refractivity contribution in [1.29, 1.82) is 0 Å². The molecule has 1 amide bonds. The van der Waals surface area contributed by atoms with Crippen molar-refractivity contribution in [2.75, 3.05) is 11.8 Å². The number of rotatable bonds is 6. The van der Waals surface area contributed by atoms with Gasteiger partial charge in [-0.05, 0) is 65.5 Å². The van der Waals surface area contributed by atoms with Crippen molar-refractivity contribution in [2.24, 2.45) is 0 Å². The molecule has 0 fully saturated rings. The molecule has 0 spiro atoms. The number of fused-ring (bicyclic) bond motifs is 1. The highest BCUT2D eigenvalue weighted by Gasteiger charge is 2.24. The summed E-state index contributed by atoms with van der Waals surface area (Å²) in [6.07, 6.45) is 5.36. The molecule has 0 unspecified atom stereocenters. The van der Waals surface area contributed by atoms with Crippen LogP contribution in [0.2, 0.25) is 0 Å². The summed E-state index contributed by atoms with van der Waals surface area (Å²) in [5.74, 6) is 0.870. The molecule has 0 atom stereocenters. The van der Waals surface area contributed by atoms with Gasteiger partial charge in [0.25, 0.3) is 5.91 Å². The van der Waals surface area contributed by atoms with E-state index in [1.165, 1.54) is 4.88 Å². The number of nitrogens with one attached hydrogen (secondary N) is 1. The second-order valence-electron chi connectivity index (χ2n) is 7.86. The number of hydrogen-bond acceptors (Lipinski definition) is 8. The number of hydrogen-bond donors (Lipinski definition) is 1. The van der Waals surface area contributed by atoms with Gasteiger partial charge in [-0.2, -0.15) is 0 Å². The Kier molecular flexibility index (Phi) is 5.44. The average molecular weight is 503 g/mol. The maximum atomic E-state index is 12.2. The number of benzene rings is 1. The monoisotopic (exact) mass is 502 g/mol. The van der Waals surface area contributed by atoms with Crippen molar-refractivity contribution in [2.45, 2.75) is 10.8 Å². The molecule has 1 aromatic carbocycles. The lowest BCUT2D eigenvalue weighted by atomic mass is 10.1. The van der Waals surface area contributed by atoms with Crippen molar-refractivity contribution in [3.63, 3.8) is 0 Å². The fourth-order valence-corrected chi connectivity index (χ4v) is 6.56. The Balaban J connectivity index is 1.17. The third kappa shape index (κ3) is 4.02. The van der Waals surface area contributed by atoms with E-state index in [0.717, 1.165) is 47.7 Å². The lowest BCUT2D eigenvalue weighted by molar-refractivity contribution is 0.0816. The van der Waals surface area contributed by atoms with Crippen molar-refractivity contribution >= 4 is 46.2 Å². The standard InChI is InChI=1S/C25H18N4O2S3/c1-29-14-17-10-15(2-3-19(17)25(29)30)21-4-5-22(32-21)16-11-18(13-26-12-16)28-34-24-7-6-23(33-24)20-8-9-27-31-20/h2-13,28H,14H2,1H3. The van der Waals surface area contributed by atoms with Crippen LogP contribution >= 0.6 is 34.6 Å². The minimum Gasteiger partial charge on any atom is -0.355 e. The first-order chi connectivity index (χ1) is 16.6. The van der Waals surface area contributed by atoms with Crippen molar-refractivity contribution in [1.82, 2.24) is 15.0 Å². The van der Waals surface area contributed by atoms with E-state index in [4.69, 9.17) is 4.52 Å². The average Bonchev–Trinajstić information content (AvgIpc) is 3.65. The van der Waals surface area contributed by atoms with E-state index in [1.54, 1.807) is 45.7 Å². The van der Waals surface area contributed by atoms with Crippen LogP contribution in [-0.2, 0) is 6.54 Å². The zero-order valence-electron chi connectivity index (χ0n) is 18.0. The molecule has 1 aliphatic heterocycles. The molecular formula is C25H18N4O2S3. The van der Waals surface area contributed by atoms with Crippen molar-refractivity contribution < 1.29 is 9.32 Å². The van der Waals surface area contributed by atoms with Gasteiger partial charge in [0, 0.05) is 46.7 Å². The van der Waals surface area contributed by atoms with Crippen LogP contribution in [0.25, 0.3) is 31.5 Å². The molecule has 6 rings (SSSR count). The van der Waals surface area contributed by atoms with Crippen LogP contribution in [0.3, 0.4) is 0 Å². The predicted molar refractivity (Wildman–Crippen MR) is 138 cm³/mol. The van der Waals surface area contributed by atoms with Gasteiger partial charge in [-0.3, -0.25) is 9.78 Å². The minimum absolute atomic E-state index is 0.0958. The SMILES string of the molecule is CN1Cc2cc(-c3ccc(-c4cncc(NSc5ccc(-c6ccno6)s5)c4)s3)ccc2C1=O. The summed E-state index contributed by atoms with van der Waals surface area (Å²) in [6, 6.07) is 18.4. The van der Waals surface area contributed by atoms with Crippen LogP contribution in [0, 0.1) is 0 Å². The summed E-state index contributed by atoms with van der Waals surface area (Å²) in [4.78, 5) is 21.7. The first-order valence-electron chi connectivity index (χ1n) is 10.5. The molecule has 5 heterocycles. The molecular weight excluding hydrogens is 485 g/mol. The maximum absolute atomic E-state index is 12.2. The fourth-order valence-electron chi connectivity index (χ4n) is 3.86. The Morgan fingerprint density at radius 2 is 1.82 bits per heavy atom. The molecule has 5 aromatic rings. The number of amides is 1. The zero-order valence-corrected chi connectivity index (χ0v) is 20.5. The molecule has 0 bridgehead atoms. The highest BCUT2D eigenvalue weighted by molar-refractivity contribution is 8.02. The Hall–Kier alpha value is -3.40. The molecule has 9 heteroatoms. The molecule has 0 saturated carbocycles. The Labute approximate surface area is 208 Å².